The molecule has 0 atom stereocenters. The molecule has 7 heteroatoms. The topological polar surface area (TPSA) is 81.2 Å². The second kappa shape index (κ2) is 6.31. The summed E-state index contributed by atoms with van der Waals surface area (Å²) in [5.41, 5.74) is 5.43. The van der Waals surface area contributed by atoms with Crippen molar-refractivity contribution in [2.45, 2.75) is 38.8 Å². The lowest BCUT2D eigenvalue weighted by Crippen LogP contribution is -2.35. The Kier molecular flexibility index (Phi) is 5.30. The van der Waals surface area contributed by atoms with Gasteiger partial charge >= 0.3 is 0 Å². The van der Waals surface area contributed by atoms with Crippen LogP contribution in [0, 0.1) is 6.92 Å². The Bertz CT molecular complexity index is 481. The Morgan fingerprint density at radius 3 is 2.61 bits per heavy atom. The standard InChI is InChI=1S/C11H22N4O2S/c1-4-7-14-9-11(13-10(14)3)18(16,17)15(5-2)8-6-12/h9H,4-8,12H2,1-3H3. The highest BCUT2D eigenvalue weighted by Gasteiger charge is 2.25. The van der Waals surface area contributed by atoms with Gasteiger partial charge in [-0.25, -0.2) is 13.4 Å². The summed E-state index contributed by atoms with van der Waals surface area (Å²) < 4.78 is 27.9. The van der Waals surface area contributed by atoms with Gasteiger partial charge in [0.05, 0.1) is 0 Å². The van der Waals surface area contributed by atoms with E-state index in [9.17, 15) is 8.42 Å². The average Bonchev–Trinajstić information content (AvgIpc) is 2.69. The quantitative estimate of drug-likeness (QED) is 0.788. The average molecular weight is 274 g/mol. The highest BCUT2D eigenvalue weighted by Crippen LogP contribution is 2.15. The molecule has 2 N–H and O–H groups in total. The zero-order valence-electron chi connectivity index (χ0n) is 11.3. The summed E-state index contributed by atoms with van der Waals surface area (Å²) >= 11 is 0. The number of aromatic nitrogens is 2. The van der Waals surface area contributed by atoms with E-state index >= 15 is 0 Å². The Morgan fingerprint density at radius 1 is 1.44 bits per heavy atom. The third kappa shape index (κ3) is 3.09. The lowest BCUT2D eigenvalue weighted by Gasteiger charge is -2.17. The molecule has 0 aromatic carbocycles. The molecule has 18 heavy (non-hydrogen) atoms. The molecule has 1 aromatic rings. The van der Waals surface area contributed by atoms with Gasteiger partial charge < -0.3 is 10.3 Å². The summed E-state index contributed by atoms with van der Waals surface area (Å²) in [6.45, 7) is 7.45. The van der Waals surface area contributed by atoms with Gasteiger partial charge in [-0.1, -0.05) is 13.8 Å². The molecule has 0 aliphatic carbocycles. The first-order valence-electron chi connectivity index (χ1n) is 6.21. The molecule has 0 aliphatic heterocycles. The van der Waals surface area contributed by atoms with Crippen LogP contribution in [0.2, 0.25) is 0 Å². The molecule has 0 radical (unpaired) electrons. The maximum atomic E-state index is 12.3. The Labute approximate surface area is 109 Å². The zero-order valence-corrected chi connectivity index (χ0v) is 12.1. The van der Waals surface area contributed by atoms with Crippen LogP contribution in [0.1, 0.15) is 26.1 Å². The van der Waals surface area contributed by atoms with Crippen LogP contribution in [0.3, 0.4) is 0 Å². The number of likely N-dealkylation sites (N-methyl/N-ethyl adjacent to an activating group) is 1. The molecule has 104 valence electrons. The van der Waals surface area contributed by atoms with Gasteiger partial charge in [0, 0.05) is 32.4 Å². The van der Waals surface area contributed by atoms with Crippen molar-refractivity contribution < 1.29 is 8.42 Å². The van der Waals surface area contributed by atoms with Crippen molar-refractivity contribution in [3.05, 3.63) is 12.0 Å². The molecular weight excluding hydrogens is 252 g/mol. The van der Waals surface area contributed by atoms with Crippen LogP contribution in [0.15, 0.2) is 11.2 Å². The third-order valence-corrected chi connectivity index (χ3v) is 4.60. The summed E-state index contributed by atoms with van der Waals surface area (Å²) in [5, 5.41) is 0.115. The SMILES string of the molecule is CCCn1cc(S(=O)(=O)N(CC)CCN)nc1C. The minimum Gasteiger partial charge on any atom is -0.334 e. The number of rotatable bonds is 7. The first kappa shape index (κ1) is 15.1. The summed E-state index contributed by atoms with van der Waals surface area (Å²) in [4.78, 5) is 4.14. The molecule has 1 heterocycles. The van der Waals surface area contributed by atoms with Crippen LogP contribution in [0.5, 0.6) is 0 Å². The van der Waals surface area contributed by atoms with Gasteiger partial charge in [-0.3, -0.25) is 0 Å². The van der Waals surface area contributed by atoms with Gasteiger partial charge in [-0.2, -0.15) is 4.31 Å². The zero-order chi connectivity index (χ0) is 13.8. The molecule has 0 spiro atoms. The molecule has 6 nitrogen and oxygen atoms in total. The fourth-order valence-corrected chi connectivity index (χ4v) is 3.25. The minimum absolute atomic E-state index is 0.115. The van der Waals surface area contributed by atoms with Crippen LogP contribution < -0.4 is 5.73 Å². The molecule has 0 fully saturated rings. The Morgan fingerprint density at radius 2 is 2.11 bits per heavy atom. The van der Waals surface area contributed by atoms with Gasteiger partial charge in [0.2, 0.25) is 0 Å². The molecule has 0 saturated heterocycles. The number of hydrogen-bond acceptors (Lipinski definition) is 4. The van der Waals surface area contributed by atoms with E-state index in [2.05, 4.69) is 4.98 Å². The molecule has 1 rings (SSSR count). The highest BCUT2D eigenvalue weighted by atomic mass is 32.2. The lowest BCUT2D eigenvalue weighted by molar-refractivity contribution is 0.433. The minimum atomic E-state index is -3.51. The summed E-state index contributed by atoms with van der Waals surface area (Å²) in [7, 11) is -3.51. The summed E-state index contributed by atoms with van der Waals surface area (Å²) in [5.74, 6) is 0.722. The normalized spacial score (nSPS) is 12.3. The van der Waals surface area contributed by atoms with Gasteiger partial charge in [0.25, 0.3) is 10.0 Å². The first-order chi connectivity index (χ1) is 8.47. The lowest BCUT2D eigenvalue weighted by atomic mass is 10.5. The molecule has 0 amide bonds. The number of sulfonamides is 1. The Hall–Kier alpha value is -0.920. The number of nitrogens with zero attached hydrogens (tertiary/aromatic N) is 3. The van der Waals surface area contributed by atoms with Gasteiger partial charge in [-0.15, -0.1) is 0 Å². The summed E-state index contributed by atoms with van der Waals surface area (Å²) in [6.07, 6.45) is 2.55. The monoisotopic (exact) mass is 274 g/mol. The maximum Gasteiger partial charge on any atom is 0.262 e. The van der Waals surface area contributed by atoms with E-state index in [0.717, 1.165) is 18.8 Å². The van der Waals surface area contributed by atoms with Crippen LogP contribution >= 0.6 is 0 Å². The van der Waals surface area contributed by atoms with E-state index in [1.807, 2.05) is 18.4 Å². The van der Waals surface area contributed by atoms with Gasteiger partial charge in [0.15, 0.2) is 5.03 Å². The third-order valence-electron chi connectivity index (χ3n) is 2.75. The van der Waals surface area contributed by atoms with E-state index < -0.39 is 10.0 Å². The number of nitrogens with two attached hydrogens (primary N) is 1. The van der Waals surface area contributed by atoms with Crippen molar-refractivity contribution in [2.24, 2.45) is 5.73 Å². The van der Waals surface area contributed by atoms with Crippen LogP contribution in [0.25, 0.3) is 0 Å². The van der Waals surface area contributed by atoms with E-state index in [4.69, 9.17) is 5.73 Å². The van der Waals surface area contributed by atoms with Crippen molar-refractivity contribution in [3.8, 4) is 0 Å². The van der Waals surface area contributed by atoms with E-state index in [1.54, 1.807) is 13.1 Å². The van der Waals surface area contributed by atoms with Crippen LogP contribution in [-0.2, 0) is 16.6 Å². The van der Waals surface area contributed by atoms with Crippen molar-refractivity contribution in [1.82, 2.24) is 13.9 Å². The molecule has 0 unspecified atom stereocenters. The Balaban J connectivity index is 3.07. The van der Waals surface area contributed by atoms with Gasteiger partial charge in [-0.05, 0) is 13.3 Å². The smallest absolute Gasteiger partial charge is 0.262 e. The predicted octanol–water partition coefficient (Wildman–Crippen LogP) is 0.571. The van der Waals surface area contributed by atoms with E-state index in [1.165, 1.54) is 4.31 Å². The fourth-order valence-electron chi connectivity index (χ4n) is 1.80. The second-order valence-electron chi connectivity index (χ2n) is 4.11. The highest BCUT2D eigenvalue weighted by molar-refractivity contribution is 7.89. The van der Waals surface area contributed by atoms with E-state index in [0.29, 0.717) is 19.6 Å². The second-order valence-corrected chi connectivity index (χ2v) is 5.99. The van der Waals surface area contributed by atoms with Gasteiger partial charge in [0.1, 0.15) is 5.82 Å². The van der Waals surface area contributed by atoms with Crippen LogP contribution in [0.4, 0.5) is 0 Å². The molecular formula is C11H22N4O2S. The molecule has 0 aliphatic rings. The van der Waals surface area contributed by atoms with Crippen LogP contribution in [-0.4, -0.2) is 41.9 Å². The fraction of sp³-hybridized carbons (Fsp3) is 0.727. The first-order valence-corrected chi connectivity index (χ1v) is 7.65. The van der Waals surface area contributed by atoms with E-state index in [-0.39, 0.29) is 5.03 Å². The predicted molar refractivity (Wildman–Crippen MR) is 70.7 cm³/mol. The summed E-state index contributed by atoms with van der Waals surface area (Å²) in [6, 6.07) is 0. The molecule has 1 aromatic heterocycles. The van der Waals surface area contributed by atoms with Crippen molar-refractivity contribution in [3.63, 3.8) is 0 Å². The number of imidazole rings is 1. The largest absolute Gasteiger partial charge is 0.334 e. The number of aryl methyl sites for hydroxylation is 2. The number of hydrogen-bond donors (Lipinski definition) is 1. The molecule has 0 saturated carbocycles. The molecule has 0 bridgehead atoms. The maximum absolute atomic E-state index is 12.3. The van der Waals surface area contributed by atoms with Crippen molar-refractivity contribution in [2.75, 3.05) is 19.6 Å². The van der Waals surface area contributed by atoms with Crippen molar-refractivity contribution in [1.29, 1.82) is 0 Å². The van der Waals surface area contributed by atoms with Crippen molar-refractivity contribution >= 4 is 10.0 Å².